The Morgan fingerprint density at radius 3 is 1.56 bits per heavy atom. The normalized spacial score (nSPS) is 13.0. The van der Waals surface area contributed by atoms with Crippen molar-refractivity contribution in [3.8, 4) is 0 Å². The number of rotatable bonds is 6. The topological polar surface area (TPSA) is 132 Å². The number of aromatic nitrogens is 4. The number of carboxylic acid groups (broad SMARTS) is 2. The molecule has 0 spiro atoms. The largest absolute Gasteiger partial charge is 0.481 e. The Kier molecular flexibility index (Phi) is 8.17. The fourth-order valence-corrected chi connectivity index (χ4v) is 5.10. The first-order valence-electron chi connectivity index (χ1n) is 12.6. The van der Waals surface area contributed by atoms with E-state index in [0.717, 1.165) is 66.9 Å². The van der Waals surface area contributed by atoms with Gasteiger partial charge in [0.25, 0.3) is 0 Å². The molecule has 8 bridgehead atoms. The molecule has 3 aromatic heterocycles. The van der Waals surface area contributed by atoms with Crippen LogP contribution >= 0.6 is 0 Å². The van der Waals surface area contributed by atoms with Crippen molar-refractivity contribution in [2.45, 2.75) is 53.4 Å². The number of carbonyl (C=O) groups is 2. The average molecular weight is 632 g/mol. The van der Waals surface area contributed by atoms with Crippen molar-refractivity contribution in [3.63, 3.8) is 0 Å². The molecule has 0 unspecified atom stereocenters. The molecule has 9 heteroatoms. The average Bonchev–Trinajstić information content (AvgIpc) is 3.53. The van der Waals surface area contributed by atoms with Crippen LogP contribution in [0.25, 0.3) is 44.4 Å². The SMILES string of the molecule is CC1=C(CCC(=O)O)c2cc3nc(cc4[nH]c(cc4C)cc4[nH]c(cc1n2)cc4C)C(C)=C3CCC(=O)O.[Sb]. The van der Waals surface area contributed by atoms with Crippen LogP contribution in [0.4, 0.5) is 0 Å². The van der Waals surface area contributed by atoms with E-state index in [1.165, 1.54) is 0 Å². The fraction of sp³-hybridized carbons (Fsp3) is 0.267. The van der Waals surface area contributed by atoms with Gasteiger partial charge in [-0.2, -0.15) is 0 Å². The minimum Gasteiger partial charge on any atom is -0.481 e. The molecule has 0 aliphatic carbocycles. The third-order valence-corrected chi connectivity index (χ3v) is 7.25. The first kappa shape index (κ1) is 28.4. The summed E-state index contributed by atoms with van der Waals surface area (Å²) in [4.78, 5) is 39.6. The third-order valence-electron chi connectivity index (χ3n) is 7.25. The van der Waals surface area contributed by atoms with Crippen molar-refractivity contribution in [1.29, 1.82) is 0 Å². The summed E-state index contributed by atoms with van der Waals surface area (Å²) >= 11 is 0. The second-order valence-electron chi connectivity index (χ2n) is 9.98. The van der Waals surface area contributed by atoms with Crippen LogP contribution in [0.15, 0.2) is 36.4 Å². The van der Waals surface area contributed by atoms with E-state index in [1.54, 1.807) is 0 Å². The van der Waals surface area contributed by atoms with E-state index in [-0.39, 0.29) is 37.3 Å². The van der Waals surface area contributed by atoms with Crippen LogP contribution in [0.3, 0.4) is 0 Å². The molecule has 0 saturated carbocycles. The molecule has 199 valence electrons. The van der Waals surface area contributed by atoms with Crippen molar-refractivity contribution < 1.29 is 19.8 Å². The smallest absolute Gasteiger partial charge is 0.303 e. The van der Waals surface area contributed by atoms with Gasteiger partial charge in [0.05, 0.1) is 22.8 Å². The summed E-state index contributed by atoms with van der Waals surface area (Å²) in [6, 6.07) is 12.1. The van der Waals surface area contributed by atoms with E-state index in [0.29, 0.717) is 24.2 Å². The number of fused-ring (bicyclic) bond motifs is 8. The van der Waals surface area contributed by atoms with E-state index in [1.807, 2.05) is 39.0 Å². The summed E-state index contributed by atoms with van der Waals surface area (Å²) in [6.45, 7) is 8.01. The van der Waals surface area contributed by atoms with E-state index in [9.17, 15) is 19.8 Å². The van der Waals surface area contributed by atoms with Crippen LogP contribution in [-0.4, -0.2) is 66.5 Å². The number of aromatic amines is 2. The zero-order valence-electron chi connectivity index (χ0n) is 22.3. The quantitative estimate of drug-likeness (QED) is 0.242. The molecular weight excluding hydrogens is 602 g/mol. The maximum atomic E-state index is 11.4. The van der Waals surface area contributed by atoms with Crippen molar-refractivity contribution >= 4 is 80.7 Å². The van der Waals surface area contributed by atoms with Crippen molar-refractivity contribution in [3.05, 3.63) is 70.3 Å². The van der Waals surface area contributed by atoms with Crippen LogP contribution in [0.5, 0.6) is 0 Å². The van der Waals surface area contributed by atoms with E-state index < -0.39 is 11.9 Å². The predicted octanol–water partition coefficient (Wildman–Crippen LogP) is 6.14. The number of nitrogens with zero attached hydrogens (tertiary/aromatic N) is 2. The van der Waals surface area contributed by atoms with Gasteiger partial charge in [-0.15, -0.1) is 0 Å². The van der Waals surface area contributed by atoms with Crippen LogP contribution in [-0.2, 0) is 9.59 Å². The molecule has 0 fully saturated rings. The Morgan fingerprint density at radius 1 is 0.641 bits per heavy atom. The van der Waals surface area contributed by atoms with Gasteiger partial charge in [0.15, 0.2) is 0 Å². The predicted molar refractivity (Wildman–Crippen MR) is 155 cm³/mol. The summed E-state index contributed by atoms with van der Waals surface area (Å²) in [6.07, 6.45) is 0.647. The van der Waals surface area contributed by atoms with Gasteiger partial charge in [0, 0.05) is 59.3 Å². The van der Waals surface area contributed by atoms with Crippen LogP contribution in [0.1, 0.15) is 73.4 Å². The van der Waals surface area contributed by atoms with Gasteiger partial charge in [-0.25, -0.2) is 9.97 Å². The molecule has 2 aliphatic rings. The third kappa shape index (κ3) is 5.86. The molecule has 0 saturated heterocycles. The van der Waals surface area contributed by atoms with E-state index in [4.69, 9.17) is 9.97 Å². The second kappa shape index (κ2) is 11.2. The van der Waals surface area contributed by atoms with Gasteiger partial charge in [-0.05, 0) is 110 Å². The minimum atomic E-state index is -0.873. The van der Waals surface area contributed by atoms with Crippen molar-refractivity contribution in [2.24, 2.45) is 0 Å². The summed E-state index contributed by atoms with van der Waals surface area (Å²) in [5, 5.41) is 18.7. The van der Waals surface area contributed by atoms with Gasteiger partial charge in [-0.3, -0.25) is 9.59 Å². The van der Waals surface area contributed by atoms with Gasteiger partial charge >= 0.3 is 11.9 Å². The first-order chi connectivity index (χ1) is 18.1. The molecule has 0 atom stereocenters. The zero-order chi connectivity index (χ0) is 27.1. The summed E-state index contributed by atoms with van der Waals surface area (Å²) in [5.41, 5.74) is 12.4. The standard InChI is InChI=1S/C30H30N4O4.Sb/c1-15-9-20-12-25-17(3)21(5-7-29(35)36)27(33-25)14-28-22(6-8-30(37)38)18(4)26(34-28)13-24-16(2)10-19(32-24)11-23(15)31-20;/h9-14,31-32H,5-8H2,1-4H3,(H,35,36)(H,37,38);. The monoisotopic (exact) mass is 631 g/mol. The second-order valence-corrected chi connectivity index (χ2v) is 9.98. The number of hydrogen-bond acceptors (Lipinski definition) is 4. The summed E-state index contributed by atoms with van der Waals surface area (Å²) in [7, 11) is 0. The molecule has 8 nitrogen and oxygen atoms in total. The van der Waals surface area contributed by atoms with Crippen molar-refractivity contribution in [2.75, 3.05) is 0 Å². The number of carboxylic acids is 2. The molecule has 5 rings (SSSR count). The van der Waals surface area contributed by atoms with E-state index in [2.05, 4.69) is 35.1 Å². The van der Waals surface area contributed by atoms with Crippen LogP contribution in [0, 0.1) is 13.8 Å². The minimum absolute atomic E-state index is 0. The van der Waals surface area contributed by atoms with Gasteiger partial charge < -0.3 is 20.2 Å². The molecule has 3 radical (unpaired) electrons. The number of aryl methyl sites for hydroxylation is 2. The number of allylic oxidation sites excluding steroid dienone is 4. The summed E-state index contributed by atoms with van der Waals surface area (Å²) < 4.78 is 0. The number of hydrogen-bond donors (Lipinski definition) is 4. The van der Waals surface area contributed by atoms with Crippen LogP contribution < -0.4 is 0 Å². The van der Waals surface area contributed by atoms with E-state index >= 15 is 0 Å². The molecule has 5 heterocycles. The van der Waals surface area contributed by atoms with Gasteiger partial charge in [-0.1, -0.05) is 0 Å². The number of H-pyrrole nitrogens is 2. The molecular formula is C30H30N4O4Sb. The van der Waals surface area contributed by atoms with Gasteiger partial charge in [0.1, 0.15) is 0 Å². The van der Waals surface area contributed by atoms with Crippen molar-refractivity contribution in [1.82, 2.24) is 19.9 Å². The molecule has 0 aromatic carbocycles. The Labute approximate surface area is 243 Å². The maximum Gasteiger partial charge on any atom is 0.303 e. The summed E-state index contributed by atoms with van der Waals surface area (Å²) in [5.74, 6) is -1.75. The molecule has 2 aliphatic heterocycles. The first-order valence-corrected chi connectivity index (χ1v) is 12.6. The Bertz CT molecular complexity index is 1730. The number of nitrogens with one attached hydrogen (secondary N) is 2. The Balaban J connectivity index is 0.00000353. The fourth-order valence-electron chi connectivity index (χ4n) is 5.10. The molecule has 4 N–H and O–H groups in total. The van der Waals surface area contributed by atoms with Gasteiger partial charge in [0.2, 0.25) is 0 Å². The van der Waals surface area contributed by atoms with Crippen LogP contribution in [0.2, 0.25) is 0 Å². The molecule has 0 amide bonds. The Morgan fingerprint density at radius 2 is 1.08 bits per heavy atom. The molecule has 39 heavy (non-hydrogen) atoms. The maximum absolute atomic E-state index is 11.4. The zero-order valence-corrected chi connectivity index (χ0v) is 24.9. The molecule has 3 aromatic rings. The number of aliphatic carboxylic acids is 2. The Hall–Kier alpha value is -3.64.